The molecule has 1 saturated heterocycles. The number of sulfonamides is 1. The summed E-state index contributed by atoms with van der Waals surface area (Å²) in [7, 11) is -3.52. The van der Waals surface area contributed by atoms with Crippen molar-refractivity contribution in [2.45, 2.75) is 24.2 Å². The standard InChI is InChI=1S/C17H21NO5S/c19-17(14-4-2-1-3-5-14)23-15-6-8-16(9-7-15)24(20,21)18-10-12-22-13-11-18/h1-2,6-9,14H,3-5,10-13H2/t14-/m0/s1. The Labute approximate surface area is 142 Å². The van der Waals surface area contributed by atoms with Gasteiger partial charge in [-0.1, -0.05) is 12.2 Å². The molecule has 0 unspecified atom stereocenters. The predicted octanol–water partition coefficient (Wildman–Crippen LogP) is 1.97. The number of benzene rings is 1. The average molecular weight is 351 g/mol. The van der Waals surface area contributed by atoms with Crippen LogP contribution in [0.3, 0.4) is 0 Å². The Morgan fingerprint density at radius 2 is 1.83 bits per heavy atom. The molecule has 6 nitrogen and oxygen atoms in total. The summed E-state index contributed by atoms with van der Waals surface area (Å²) in [5.74, 6) is -0.00891. The summed E-state index contributed by atoms with van der Waals surface area (Å²) in [6.07, 6.45) is 6.43. The third-order valence-electron chi connectivity index (χ3n) is 4.25. The van der Waals surface area contributed by atoms with Crippen LogP contribution < -0.4 is 4.74 Å². The van der Waals surface area contributed by atoms with Gasteiger partial charge in [-0.05, 0) is 43.5 Å². The van der Waals surface area contributed by atoms with Gasteiger partial charge in [-0.15, -0.1) is 0 Å². The molecule has 0 N–H and O–H groups in total. The van der Waals surface area contributed by atoms with Gasteiger partial charge in [0.2, 0.25) is 10.0 Å². The summed E-state index contributed by atoms with van der Waals surface area (Å²) in [6, 6.07) is 6.02. The lowest BCUT2D eigenvalue weighted by Crippen LogP contribution is -2.40. The van der Waals surface area contributed by atoms with Crippen LogP contribution in [0.5, 0.6) is 5.75 Å². The van der Waals surface area contributed by atoms with Gasteiger partial charge >= 0.3 is 5.97 Å². The number of hydrogen-bond donors (Lipinski definition) is 0. The predicted molar refractivity (Wildman–Crippen MR) is 88.1 cm³/mol. The van der Waals surface area contributed by atoms with Crippen LogP contribution in [0, 0.1) is 5.92 Å². The third-order valence-corrected chi connectivity index (χ3v) is 6.17. The molecule has 3 rings (SSSR count). The molecule has 1 aromatic carbocycles. The molecule has 1 fully saturated rings. The van der Waals surface area contributed by atoms with Gasteiger partial charge < -0.3 is 9.47 Å². The number of ether oxygens (including phenoxy) is 2. The molecular formula is C17H21NO5S. The van der Waals surface area contributed by atoms with Crippen LogP contribution in [0.1, 0.15) is 19.3 Å². The van der Waals surface area contributed by atoms with E-state index in [-0.39, 0.29) is 16.8 Å². The fourth-order valence-electron chi connectivity index (χ4n) is 2.82. The number of hydrogen-bond acceptors (Lipinski definition) is 5. The Balaban J connectivity index is 1.66. The first-order valence-electron chi connectivity index (χ1n) is 8.12. The maximum Gasteiger partial charge on any atom is 0.314 e. The van der Waals surface area contributed by atoms with Gasteiger partial charge in [0, 0.05) is 13.1 Å². The highest BCUT2D eigenvalue weighted by molar-refractivity contribution is 7.89. The summed E-state index contributed by atoms with van der Waals surface area (Å²) in [6.45, 7) is 1.53. The number of allylic oxidation sites excluding steroid dienone is 2. The monoisotopic (exact) mass is 351 g/mol. The lowest BCUT2D eigenvalue weighted by atomic mass is 9.95. The molecule has 2 aliphatic rings. The fourth-order valence-corrected chi connectivity index (χ4v) is 4.23. The molecular weight excluding hydrogens is 330 g/mol. The molecule has 0 spiro atoms. The first-order valence-corrected chi connectivity index (χ1v) is 9.56. The highest BCUT2D eigenvalue weighted by Crippen LogP contribution is 2.23. The van der Waals surface area contributed by atoms with E-state index in [0.717, 1.165) is 12.8 Å². The maximum atomic E-state index is 12.5. The molecule has 7 heteroatoms. The first-order chi connectivity index (χ1) is 11.6. The summed E-state index contributed by atoms with van der Waals surface area (Å²) < 4.78 is 37.0. The van der Waals surface area contributed by atoms with Crippen LogP contribution in [0.2, 0.25) is 0 Å². The lowest BCUT2D eigenvalue weighted by Gasteiger charge is -2.26. The first kappa shape index (κ1) is 17.1. The van der Waals surface area contributed by atoms with Crippen molar-refractivity contribution < 1.29 is 22.7 Å². The molecule has 0 saturated carbocycles. The maximum absolute atomic E-state index is 12.5. The number of carbonyl (C=O) groups is 1. The Morgan fingerprint density at radius 3 is 2.46 bits per heavy atom. The molecule has 130 valence electrons. The van der Waals surface area contributed by atoms with E-state index in [9.17, 15) is 13.2 Å². The van der Waals surface area contributed by atoms with Crippen LogP contribution in [0.25, 0.3) is 0 Å². The van der Waals surface area contributed by atoms with Crippen molar-refractivity contribution in [3.8, 4) is 5.75 Å². The number of rotatable bonds is 4. The van der Waals surface area contributed by atoms with Gasteiger partial charge in [-0.2, -0.15) is 4.31 Å². The zero-order valence-electron chi connectivity index (χ0n) is 13.4. The van der Waals surface area contributed by atoms with Crippen LogP contribution in [0.4, 0.5) is 0 Å². The highest BCUT2D eigenvalue weighted by Gasteiger charge is 2.26. The normalized spacial score (nSPS) is 22.2. The number of morpholine rings is 1. The molecule has 0 radical (unpaired) electrons. The number of carbonyl (C=O) groups excluding carboxylic acids is 1. The highest BCUT2D eigenvalue weighted by atomic mass is 32.2. The van der Waals surface area contributed by atoms with E-state index >= 15 is 0 Å². The summed E-state index contributed by atoms with van der Waals surface area (Å²) in [5.41, 5.74) is 0. The van der Waals surface area contributed by atoms with E-state index in [2.05, 4.69) is 6.08 Å². The SMILES string of the molecule is O=C(Oc1ccc(S(=O)(=O)N2CCOCC2)cc1)[C@H]1CC=CCC1. The van der Waals surface area contributed by atoms with Crippen molar-refractivity contribution in [1.82, 2.24) is 4.31 Å². The second-order valence-electron chi connectivity index (χ2n) is 5.89. The topological polar surface area (TPSA) is 72.9 Å². The summed E-state index contributed by atoms with van der Waals surface area (Å²) in [5, 5.41) is 0. The van der Waals surface area contributed by atoms with Gasteiger partial charge in [0.1, 0.15) is 5.75 Å². The van der Waals surface area contributed by atoms with Crippen molar-refractivity contribution in [3.05, 3.63) is 36.4 Å². The van der Waals surface area contributed by atoms with E-state index in [0.29, 0.717) is 38.5 Å². The van der Waals surface area contributed by atoms with Crippen molar-refractivity contribution in [2.75, 3.05) is 26.3 Å². The molecule has 1 aromatic rings. The quantitative estimate of drug-likeness (QED) is 0.471. The number of nitrogens with zero attached hydrogens (tertiary/aromatic N) is 1. The molecule has 1 atom stereocenters. The third kappa shape index (κ3) is 3.85. The van der Waals surface area contributed by atoms with Gasteiger partial charge in [0.25, 0.3) is 0 Å². The van der Waals surface area contributed by atoms with Crippen molar-refractivity contribution in [2.24, 2.45) is 5.92 Å². The van der Waals surface area contributed by atoms with E-state index in [1.54, 1.807) is 0 Å². The smallest absolute Gasteiger partial charge is 0.314 e. The van der Waals surface area contributed by atoms with Crippen LogP contribution in [-0.2, 0) is 19.6 Å². The molecule has 1 aliphatic heterocycles. The largest absolute Gasteiger partial charge is 0.426 e. The van der Waals surface area contributed by atoms with E-state index in [4.69, 9.17) is 9.47 Å². The summed E-state index contributed by atoms with van der Waals surface area (Å²) >= 11 is 0. The Hall–Kier alpha value is -1.70. The minimum absolute atomic E-state index is 0.119. The molecule has 1 heterocycles. The molecule has 1 aliphatic carbocycles. The zero-order chi connectivity index (χ0) is 17.0. The van der Waals surface area contributed by atoms with Crippen LogP contribution >= 0.6 is 0 Å². The van der Waals surface area contributed by atoms with Crippen molar-refractivity contribution >= 4 is 16.0 Å². The Kier molecular flexibility index (Phi) is 5.33. The lowest BCUT2D eigenvalue weighted by molar-refractivity contribution is -0.139. The molecule has 24 heavy (non-hydrogen) atoms. The second kappa shape index (κ2) is 7.46. The Bertz CT molecular complexity index is 705. The second-order valence-corrected chi connectivity index (χ2v) is 7.83. The minimum atomic E-state index is -3.52. The van der Waals surface area contributed by atoms with Crippen LogP contribution in [0.15, 0.2) is 41.3 Å². The van der Waals surface area contributed by atoms with Crippen molar-refractivity contribution in [3.63, 3.8) is 0 Å². The van der Waals surface area contributed by atoms with E-state index < -0.39 is 10.0 Å². The van der Waals surface area contributed by atoms with Gasteiger partial charge in [0.05, 0.1) is 24.0 Å². The van der Waals surface area contributed by atoms with Crippen molar-refractivity contribution in [1.29, 1.82) is 0 Å². The fraction of sp³-hybridized carbons (Fsp3) is 0.471. The van der Waals surface area contributed by atoms with E-state index in [1.807, 2.05) is 6.08 Å². The summed E-state index contributed by atoms with van der Waals surface area (Å²) in [4.78, 5) is 12.3. The minimum Gasteiger partial charge on any atom is -0.426 e. The van der Waals surface area contributed by atoms with Crippen LogP contribution in [-0.4, -0.2) is 45.0 Å². The molecule has 0 aromatic heterocycles. The average Bonchev–Trinajstić information content (AvgIpc) is 2.63. The van der Waals surface area contributed by atoms with Gasteiger partial charge in [-0.3, -0.25) is 4.79 Å². The van der Waals surface area contributed by atoms with Gasteiger partial charge in [0.15, 0.2) is 0 Å². The molecule has 0 bridgehead atoms. The Morgan fingerprint density at radius 1 is 1.12 bits per heavy atom. The van der Waals surface area contributed by atoms with Gasteiger partial charge in [-0.25, -0.2) is 8.42 Å². The zero-order valence-corrected chi connectivity index (χ0v) is 14.2. The molecule has 0 amide bonds. The number of esters is 1. The van der Waals surface area contributed by atoms with E-state index in [1.165, 1.54) is 28.6 Å².